The molecule has 0 aromatic heterocycles. The fraction of sp³-hybridized carbons (Fsp3) is 0.235. The van der Waals surface area contributed by atoms with Crippen LogP contribution in [0.4, 0.5) is 0 Å². The number of ether oxygens (including phenoxy) is 1. The van der Waals surface area contributed by atoms with Gasteiger partial charge in [0.25, 0.3) is 0 Å². The van der Waals surface area contributed by atoms with Gasteiger partial charge >= 0.3 is 0 Å². The monoisotopic (exact) mass is 264 g/mol. The lowest BCUT2D eigenvalue weighted by atomic mass is 9.89. The molecule has 0 amide bonds. The van der Waals surface area contributed by atoms with Gasteiger partial charge in [0, 0.05) is 6.54 Å². The molecular formula is C17H16N2O. The van der Waals surface area contributed by atoms with Crippen LogP contribution in [0.25, 0.3) is 0 Å². The lowest BCUT2D eigenvalue weighted by Crippen LogP contribution is -2.30. The van der Waals surface area contributed by atoms with E-state index in [2.05, 4.69) is 23.5 Å². The number of hydrogen-bond donors (Lipinski definition) is 1. The number of hydrogen-bond acceptors (Lipinski definition) is 3. The molecule has 0 aliphatic carbocycles. The van der Waals surface area contributed by atoms with E-state index in [1.807, 2.05) is 30.3 Å². The molecule has 2 aromatic rings. The van der Waals surface area contributed by atoms with E-state index in [1.54, 1.807) is 7.11 Å². The molecule has 0 bridgehead atoms. The first-order chi connectivity index (χ1) is 9.81. The number of nitriles is 1. The molecule has 3 heteroatoms. The van der Waals surface area contributed by atoms with Crippen LogP contribution in [0.5, 0.6) is 5.75 Å². The van der Waals surface area contributed by atoms with Gasteiger partial charge < -0.3 is 10.1 Å². The second-order valence-corrected chi connectivity index (χ2v) is 4.94. The predicted molar refractivity (Wildman–Crippen MR) is 77.7 cm³/mol. The maximum atomic E-state index is 8.87. The number of fused-ring (bicyclic) bond motifs is 1. The van der Waals surface area contributed by atoms with Crippen LogP contribution in [0, 0.1) is 11.3 Å². The van der Waals surface area contributed by atoms with Crippen molar-refractivity contribution < 1.29 is 4.74 Å². The summed E-state index contributed by atoms with van der Waals surface area (Å²) < 4.78 is 5.30. The highest BCUT2D eigenvalue weighted by atomic mass is 16.5. The molecule has 0 saturated carbocycles. The van der Waals surface area contributed by atoms with Crippen molar-refractivity contribution in [2.75, 3.05) is 13.7 Å². The second-order valence-electron chi connectivity index (χ2n) is 4.94. The van der Waals surface area contributed by atoms with Gasteiger partial charge in [-0.15, -0.1) is 0 Å². The Hall–Kier alpha value is -2.31. The zero-order valence-corrected chi connectivity index (χ0v) is 11.4. The Labute approximate surface area is 118 Å². The molecule has 0 saturated heterocycles. The standard InChI is InChI=1S/C17H16N2O/c1-20-15-6-7-16-14(10-15)8-9-19-17(16)13-4-2-12(11-18)3-5-13/h2-7,10,17,19H,8-9H2,1H3. The summed E-state index contributed by atoms with van der Waals surface area (Å²) in [6.45, 7) is 0.949. The SMILES string of the molecule is COc1ccc2c(c1)CCNC2c1ccc(C#N)cc1. The van der Waals surface area contributed by atoms with Gasteiger partial charge in [0.1, 0.15) is 5.75 Å². The molecule has 1 heterocycles. The van der Waals surface area contributed by atoms with Crippen LogP contribution in [0.1, 0.15) is 28.3 Å². The van der Waals surface area contributed by atoms with E-state index in [1.165, 1.54) is 16.7 Å². The first kappa shape index (κ1) is 12.7. The molecule has 1 atom stereocenters. The molecular weight excluding hydrogens is 248 g/mol. The van der Waals surface area contributed by atoms with Crippen molar-refractivity contribution in [3.63, 3.8) is 0 Å². The number of benzene rings is 2. The predicted octanol–water partition coefficient (Wildman–Crippen LogP) is 2.80. The van der Waals surface area contributed by atoms with Gasteiger partial charge in [-0.1, -0.05) is 18.2 Å². The lowest BCUT2D eigenvalue weighted by molar-refractivity contribution is 0.413. The molecule has 3 rings (SSSR count). The van der Waals surface area contributed by atoms with E-state index in [0.29, 0.717) is 5.56 Å². The minimum absolute atomic E-state index is 0.192. The Morgan fingerprint density at radius 2 is 2.00 bits per heavy atom. The quantitative estimate of drug-likeness (QED) is 0.907. The number of nitrogens with one attached hydrogen (secondary N) is 1. The van der Waals surface area contributed by atoms with Gasteiger partial charge in [0.05, 0.1) is 24.8 Å². The maximum Gasteiger partial charge on any atom is 0.119 e. The van der Waals surface area contributed by atoms with Crippen molar-refractivity contribution in [2.45, 2.75) is 12.5 Å². The van der Waals surface area contributed by atoms with Crippen LogP contribution in [-0.2, 0) is 6.42 Å². The molecule has 1 aliphatic rings. The fourth-order valence-corrected chi connectivity index (χ4v) is 2.72. The van der Waals surface area contributed by atoms with E-state index in [-0.39, 0.29) is 6.04 Å². The first-order valence-corrected chi connectivity index (χ1v) is 6.72. The van der Waals surface area contributed by atoms with Gasteiger partial charge in [0.2, 0.25) is 0 Å². The minimum atomic E-state index is 0.192. The molecule has 1 N–H and O–H groups in total. The summed E-state index contributed by atoms with van der Waals surface area (Å²) in [5.74, 6) is 0.907. The molecule has 0 radical (unpaired) electrons. The van der Waals surface area contributed by atoms with Crippen LogP contribution in [0.3, 0.4) is 0 Å². The van der Waals surface area contributed by atoms with Crippen LogP contribution < -0.4 is 10.1 Å². The van der Waals surface area contributed by atoms with Crippen LogP contribution in [0.15, 0.2) is 42.5 Å². The molecule has 1 aliphatic heterocycles. The van der Waals surface area contributed by atoms with Crippen LogP contribution in [-0.4, -0.2) is 13.7 Å². The molecule has 100 valence electrons. The number of nitrogens with zero attached hydrogens (tertiary/aromatic N) is 1. The van der Waals surface area contributed by atoms with Crippen molar-refractivity contribution in [3.8, 4) is 11.8 Å². The smallest absolute Gasteiger partial charge is 0.119 e. The van der Waals surface area contributed by atoms with E-state index in [4.69, 9.17) is 10.00 Å². The van der Waals surface area contributed by atoms with Crippen molar-refractivity contribution in [1.82, 2.24) is 5.32 Å². The highest BCUT2D eigenvalue weighted by molar-refractivity contribution is 5.44. The summed E-state index contributed by atoms with van der Waals surface area (Å²) in [6.07, 6.45) is 1.01. The summed E-state index contributed by atoms with van der Waals surface area (Å²) in [4.78, 5) is 0. The zero-order chi connectivity index (χ0) is 13.9. The summed E-state index contributed by atoms with van der Waals surface area (Å²) in [7, 11) is 1.70. The Balaban J connectivity index is 1.98. The van der Waals surface area contributed by atoms with Crippen LogP contribution in [0.2, 0.25) is 0 Å². The molecule has 1 unspecified atom stereocenters. The average molecular weight is 264 g/mol. The van der Waals surface area contributed by atoms with Gasteiger partial charge in [-0.05, 0) is 47.4 Å². The Bertz CT molecular complexity index is 656. The zero-order valence-electron chi connectivity index (χ0n) is 11.4. The largest absolute Gasteiger partial charge is 0.497 e. The summed E-state index contributed by atoms with van der Waals surface area (Å²) in [5, 5.41) is 12.4. The highest BCUT2D eigenvalue weighted by Crippen LogP contribution is 2.31. The molecule has 2 aromatic carbocycles. The van der Waals surface area contributed by atoms with Crippen molar-refractivity contribution in [1.29, 1.82) is 5.26 Å². The molecule has 3 nitrogen and oxygen atoms in total. The summed E-state index contributed by atoms with van der Waals surface area (Å²) in [6, 6.07) is 16.4. The Morgan fingerprint density at radius 1 is 1.20 bits per heavy atom. The third-order valence-corrected chi connectivity index (χ3v) is 3.78. The average Bonchev–Trinajstić information content (AvgIpc) is 2.54. The fourth-order valence-electron chi connectivity index (χ4n) is 2.72. The number of rotatable bonds is 2. The van der Waals surface area contributed by atoms with Gasteiger partial charge in [0.15, 0.2) is 0 Å². The molecule has 0 spiro atoms. The normalized spacial score (nSPS) is 17.1. The maximum absolute atomic E-state index is 8.87. The van der Waals surface area contributed by atoms with E-state index in [0.717, 1.165) is 18.7 Å². The van der Waals surface area contributed by atoms with Gasteiger partial charge in [-0.2, -0.15) is 5.26 Å². The van der Waals surface area contributed by atoms with Gasteiger partial charge in [-0.3, -0.25) is 0 Å². The Morgan fingerprint density at radius 3 is 2.70 bits per heavy atom. The third kappa shape index (κ3) is 2.26. The van der Waals surface area contributed by atoms with E-state index < -0.39 is 0 Å². The minimum Gasteiger partial charge on any atom is -0.497 e. The number of methoxy groups -OCH3 is 1. The Kier molecular flexibility index (Phi) is 3.41. The van der Waals surface area contributed by atoms with Crippen molar-refractivity contribution in [2.24, 2.45) is 0 Å². The molecule has 0 fully saturated rings. The summed E-state index contributed by atoms with van der Waals surface area (Å²) in [5.41, 5.74) is 4.51. The van der Waals surface area contributed by atoms with Crippen LogP contribution >= 0.6 is 0 Å². The topological polar surface area (TPSA) is 45.0 Å². The first-order valence-electron chi connectivity index (χ1n) is 6.72. The molecule has 20 heavy (non-hydrogen) atoms. The second kappa shape index (κ2) is 5.36. The third-order valence-electron chi connectivity index (χ3n) is 3.78. The summed E-state index contributed by atoms with van der Waals surface area (Å²) >= 11 is 0. The van der Waals surface area contributed by atoms with Crippen molar-refractivity contribution >= 4 is 0 Å². The highest BCUT2D eigenvalue weighted by Gasteiger charge is 2.21. The van der Waals surface area contributed by atoms with E-state index in [9.17, 15) is 0 Å². The van der Waals surface area contributed by atoms with Crippen molar-refractivity contribution in [3.05, 3.63) is 64.7 Å². The van der Waals surface area contributed by atoms with Gasteiger partial charge in [-0.25, -0.2) is 0 Å². The lowest BCUT2D eigenvalue weighted by Gasteiger charge is -2.27. The van der Waals surface area contributed by atoms with E-state index >= 15 is 0 Å².